The zero-order valence-corrected chi connectivity index (χ0v) is 37.6. The molecule has 6 heteroatoms. The lowest BCUT2D eigenvalue weighted by Gasteiger charge is -2.20. The SMILES string of the molecule is CCCCCCCCC/C=C/C(O)C(CO)NC(=O)CCCCCCCCCCCCCCCCCCOC(=O)CCCCCCCCCCCCCCCC. The molecule has 0 saturated carbocycles. The number of carbonyl (C=O) groups is 2. The molecule has 56 heavy (non-hydrogen) atoms. The molecule has 0 spiro atoms. The Bertz CT molecular complexity index is 832. The van der Waals surface area contributed by atoms with Crippen LogP contribution in [0.25, 0.3) is 0 Å². The van der Waals surface area contributed by atoms with Gasteiger partial charge in [-0.3, -0.25) is 9.59 Å². The minimum absolute atomic E-state index is 0.00398. The molecule has 0 aliphatic rings. The molecule has 3 N–H and O–H groups in total. The summed E-state index contributed by atoms with van der Waals surface area (Å²) < 4.78 is 5.46. The van der Waals surface area contributed by atoms with E-state index in [4.69, 9.17) is 4.74 Å². The van der Waals surface area contributed by atoms with Gasteiger partial charge in [-0.25, -0.2) is 0 Å². The van der Waals surface area contributed by atoms with Crippen molar-refractivity contribution >= 4 is 11.9 Å². The predicted octanol–water partition coefficient (Wildman–Crippen LogP) is 14.6. The molecule has 0 aromatic rings. The lowest BCUT2D eigenvalue weighted by molar-refractivity contribution is -0.143. The molecular formula is C50H97NO5. The van der Waals surface area contributed by atoms with Crippen LogP contribution in [0.15, 0.2) is 12.2 Å². The van der Waals surface area contributed by atoms with Gasteiger partial charge in [0.25, 0.3) is 0 Å². The molecule has 2 unspecified atom stereocenters. The van der Waals surface area contributed by atoms with E-state index in [2.05, 4.69) is 19.2 Å². The Labute approximate surface area is 349 Å². The quantitative estimate of drug-likeness (QED) is 0.0324. The monoisotopic (exact) mass is 792 g/mol. The van der Waals surface area contributed by atoms with Gasteiger partial charge in [0.1, 0.15) is 0 Å². The minimum atomic E-state index is -0.845. The Kier molecular flexibility index (Phi) is 45.1. The molecule has 0 saturated heterocycles. The topological polar surface area (TPSA) is 95.9 Å². The third kappa shape index (κ3) is 42.2. The molecule has 0 bridgehead atoms. The summed E-state index contributed by atoms with van der Waals surface area (Å²) in [5.74, 6) is -0.0731. The van der Waals surface area contributed by atoms with Crippen LogP contribution >= 0.6 is 0 Å². The first-order valence-corrected chi connectivity index (χ1v) is 25.0. The summed E-state index contributed by atoms with van der Waals surface area (Å²) in [6.45, 7) is 4.86. The largest absolute Gasteiger partial charge is 0.466 e. The zero-order chi connectivity index (χ0) is 40.8. The summed E-state index contributed by atoms with van der Waals surface area (Å²) in [6.07, 6.45) is 52.1. The second kappa shape index (κ2) is 46.3. The Morgan fingerprint density at radius 1 is 0.482 bits per heavy atom. The fourth-order valence-electron chi connectivity index (χ4n) is 7.69. The van der Waals surface area contributed by atoms with Crippen molar-refractivity contribution in [1.82, 2.24) is 5.32 Å². The van der Waals surface area contributed by atoms with Crippen LogP contribution in [0, 0.1) is 0 Å². The van der Waals surface area contributed by atoms with Crippen LogP contribution in [0.1, 0.15) is 271 Å². The van der Waals surface area contributed by atoms with Crippen LogP contribution in [0.3, 0.4) is 0 Å². The van der Waals surface area contributed by atoms with Crippen molar-refractivity contribution < 1.29 is 24.5 Å². The van der Waals surface area contributed by atoms with E-state index < -0.39 is 12.1 Å². The molecule has 0 fully saturated rings. The Hall–Kier alpha value is -1.40. The highest BCUT2D eigenvalue weighted by Gasteiger charge is 2.18. The van der Waals surface area contributed by atoms with Crippen molar-refractivity contribution in [3.63, 3.8) is 0 Å². The third-order valence-corrected chi connectivity index (χ3v) is 11.6. The van der Waals surface area contributed by atoms with Gasteiger partial charge < -0.3 is 20.3 Å². The van der Waals surface area contributed by atoms with Crippen LogP contribution < -0.4 is 5.32 Å². The summed E-state index contributed by atoms with van der Waals surface area (Å²) >= 11 is 0. The number of hydrogen-bond acceptors (Lipinski definition) is 5. The van der Waals surface area contributed by atoms with Crippen LogP contribution in [-0.4, -0.2) is 47.4 Å². The third-order valence-electron chi connectivity index (χ3n) is 11.6. The highest BCUT2D eigenvalue weighted by Crippen LogP contribution is 2.16. The summed E-state index contributed by atoms with van der Waals surface area (Å²) in [7, 11) is 0. The van der Waals surface area contributed by atoms with Gasteiger partial charge in [-0.15, -0.1) is 0 Å². The number of aliphatic hydroxyl groups is 2. The van der Waals surface area contributed by atoms with Crippen LogP contribution in [0.2, 0.25) is 0 Å². The van der Waals surface area contributed by atoms with Crippen molar-refractivity contribution in [3.05, 3.63) is 12.2 Å². The first-order valence-electron chi connectivity index (χ1n) is 25.0. The maximum absolute atomic E-state index is 12.4. The zero-order valence-electron chi connectivity index (χ0n) is 37.6. The first-order chi connectivity index (χ1) is 27.5. The van der Waals surface area contributed by atoms with Gasteiger partial charge in [0.15, 0.2) is 0 Å². The molecule has 0 rings (SSSR count). The standard InChI is InChI=1S/C50H97NO5/c1-3-5-7-9-11-13-14-15-21-24-28-32-36-40-44-50(55)56-45-41-37-33-29-25-22-19-17-16-18-20-23-27-31-35-39-43-49(54)51-47(46-52)48(53)42-38-34-30-26-12-10-8-6-4-2/h38,42,47-48,52-53H,3-37,39-41,43-46H2,1-2H3,(H,51,54)/b42-38+. The first kappa shape index (κ1) is 54.6. The van der Waals surface area contributed by atoms with E-state index in [0.717, 1.165) is 44.9 Å². The summed E-state index contributed by atoms with van der Waals surface area (Å²) in [5.41, 5.74) is 0. The number of amides is 1. The molecule has 0 radical (unpaired) electrons. The summed E-state index contributed by atoms with van der Waals surface area (Å²) in [5, 5.41) is 22.9. The maximum Gasteiger partial charge on any atom is 0.305 e. The molecule has 1 amide bonds. The maximum atomic E-state index is 12.4. The Morgan fingerprint density at radius 3 is 1.21 bits per heavy atom. The van der Waals surface area contributed by atoms with Crippen molar-refractivity contribution in [2.24, 2.45) is 0 Å². The fourth-order valence-corrected chi connectivity index (χ4v) is 7.69. The number of hydrogen-bond donors (Lipinski definition) is 3. The van der Waals surface area contributed by atoms with E-state index in [-0.39, 0.29) is 18.5 Å². The van der Waals surface area contributed by atoms with Gasteiger partial charge in [0.05, 0.1) is 25.4 Å². The van der Waals surface area contributed by atoms with Gasteiger partial charge in [-0.2, -0.15) is 0 Å². The Morgan fingerprint density at radius 2 is 0.821 bits per heavy atom. The fraction of sp³-hybridized carbons (Fsp3) is 0.920. The predicted molar refractivity (Wildman–Crippen MR) is 241 cm³/mol. The molecule has 6 nitrogen and oxygen atoms in total. The molecular weight excluding hydrogens is 695 g/mol. The number of unbranched alkanes of at least 4 members (excludes halogenated alkanes) is 35. The van der Waals surface area contributed by atoms with Gasteiger partial charge >= 0.3 is 5.97 Å². The van der Waals surface area contributed by atoms with Crippen molar-refractivity contribution in [2.75, 3.05) is 13.2 Å². The van der Waals surface area contributed by atoms with Crippen LogP contribution in [0.5, 0.6) is 0 Å². The molecule has 0 aliphatic carbocycles. The second-order valence-electron chi connectivity index (χ2n) is 17.2. The van der Waals surface area contributed by atoms with Gasteiger partial charge in [-0.05, 0) is 32.1 Å². The van der Waals surface area contributed by atoms with Crippen molar-refractivity contribution in [3.8, 4) is 0 Å². The van der Waals surface area contributed by atoms with E-state index in [0.29, 0.717) is 19.4 Å². The lowest BCUT2D eigenvalue weighted by Crippen LogP contribution is -2.45. The number of aliphatic hydroxyl groups excluding tert-OH is 2. The van der Waals surface area contributed by atoms with Gasteiger partial charge in [0, 0.05) is 12.8 Å². The summed E-state index contributed by atoms with van der Waals surface area (Å²) in [4.78, 5) is 24.4. The average molecular weight is 792 g/mol. The minimum Gasteiger partial charge on any atom is -0.466 e. The van der Waals surface area contributed by atoms with Gasteiger partial charge in [-0.1, -0.05) is 238 Å². The number of esters is 1. The lowest BCUT2D eigenvalue weighted by atomic mass is 10.0. The van der Waals surface area contributed by atoms with E-state index in [1.807, 2.05) is 6.08 Å². The number of ether oxygens (including phenoxy) is 1. The Balaban J connectivity index is 3.40. The van der Waals surface area contributed by atoms with E-state index in [1.54, 1.807) is 6.08 Å². The number of rotatable bonds is 46. The molecule has 0 aliphatic heterocycles. The van der Waals surface area contributed by atoms with Crippen LogP contribution in [0.4, 0.5) is 0 Å². The second-order valence-corrected chi connectivity index (χ2v) is 17.2. The molecule has 332 valence electrons. The van der Waals surface area contributed by atoms with E-state index in [1.165, 1.54) is 199 Å². The smallest absolute Gasteiger partial charge is 0.305 e. The summed E-state index contributed by atoms with van der Waals surface area (Å²) in [6, 6.07) is -0.629. The van der Waals surface area contributed by atoms with Gasteiger partial charge in [0.2, 0.25) is 5.91 Å². The molecule has 0 heterocycles. The average Bonchev–Trinajstić information content (AvgIpc) is 3.20. The number of nitrogens with one attached hydrogen (secondary N) is 1. The number of carbonyl (C=O) groups excluding carboxylic acids is 2. The van der Waals surface area contributed by atoms with E-state index in [9.17, 15) is 19.8 Å². The highest BCUT2D eigenvalue weighted by atomic mass is 16.5. The highest BCUT2D eigenvalue weighted by molar-refractivity contribution is 5.76. The number of allylic oxidation sites excluding steroid dienone is 1. The molecule has 0 aromatic carbocycles. The normalized spacial score (nSPS) is 12.7. The van der Waals surface area contributed by atoms with Crippen molar-refractivity contribution in [2.45, 2.75) is 283 Å². The molecule has 2 atom stereocenters. The van der Waals surface area contributed by atoms with Crippen LogP contribution in [-0.2, 0) is 14.3 Å². The van der Waals surface area contributed by atoms with E-state index >= 15 is 0 Å². The van der Waals surface area contributed by atoms with Crippen molar-refractivity contribution in [1.29, 1.82) is 0 Å². The molecule has 0 aromatic heterocycles.